The minimum Gasteiger partial charge on any atom is -0.393 e. The van der Waals surface area contributed by atoms with Crippen molar-refractivity contribution in [2.45, 2.75) is 45.8 Å². The van der Waals surface area contributed by atoms with Gasteiger partial charge in [-0.05, 0) is 24.0 Å². The fraction of sp³-hybridized carbons (Fsp3) is 0.500. The maximum absolute atomic E-state index is 11.4. The average Bonchev–Trinajstić information content (AvgIpc) is 2.26. The van der Waals surface area contributed by atoms with Gasteiger partial charge >= 0.3 is 0 Å². The van der Waals surface area contributed by atoms with E-state index < -0.39 is 6.10 Å². The van der Waals surface area contributed by atoms with Gasteiger partial charge in [-0.1, -0.05) is 38.1 Å². The van der Waals surface area contributed by atoms with Crippen LogP contribution in [0.2, 0.25) is 0 Å². The fourth-order valence-electron chi connectivity index (χ4n) is 1.60. The molecule has 0 bridgehead atoms. The maximum atomic E-state index is 11.4. The molecule has 0 aliphatic heterocycles. The second kappa shape index (κ2) is 6.40. The molecule has 1 aromatic carbocycles. The highest BCUT2D eigenvalue weighted by Gasteiger charge is 2.06. The zero-order valence-corrected chi connectivity index (χ0v) is 10.7. The zero-order valence-electron chi connectivity index (χ0n) is 10.7. The third-order valence-electron chi connectivity index (χ3n) is 2.59. The van der Waals surface area contributed by atoms with Crippen LogP contribution in [0, 0.1) is 0 Å². The van der Waals surface area contributed by atoms with E-state index in [4.69, 9.17) is 5.11 Å². The van der Waals surface area contributed by atoms with Crippen molar-refractivity contribution < 1.29 is 9.90 Å². The highest BCUT2D eigenvalue weighted by Crippen LogP contribution is 2.15. The summed E-state index contributed by atoms with van der Waals surface area (Å²) in [5, 5.41) is 11.9. The number of amides is 1. The van der Waals surface area contributed by atoms with Crippen molar-refractivity contribution in [3.8, 4) is 0 Å². The molecular formula is C14H21NO2. The highest BCUT2D eigenvalue weighted by molar-refractivity contribution is 5.76. The lowest BCUT2D eigenvalue weighted by atomic mass is 10.0. The monoisotopic (exact) mass is 235 g/mol. The first kappa shape index (κ1) is 13.7. The van der Waals surface area contributed by atoms with Crippen molar-refractivity contribution in [2.24, 2.45) is 0 Å². The van der Waals surface area contributed by atoms with Crippen LogP contribution in [-0.2, 0) is 11.3 Å². The number of nitrogens with one attached hydrogen (secondary N) is 1. The third kappa shape index (κ3) is 5.00. The molecule has 0 saturated carbocycles. The molecule has 0 fully saturated rings. The molecule has 0 radical (unpaired) electrons. The zero-order chi connectivity index (χ0) is 12.8. The smallest absolute Gasteiger partial charge is 0.222 e. The lowest BCUT2D eigenvalue weighted by Gasteiger charge is -2.10. The highest BCUT2D eigenvalue weighted by atomic mass is 16.3. The molecule has 94 valence electrons. The van der Waals surface area contributed by atoms with Gasteiger partial charge in [-0.3, -0.25) is 4.79 Å². The lowest BCUT2D eigenvalue weighted by molar-refractivity contribution is -0.122. The minimum absolute atomic E-state index is 0.116. The molecule has 1 aromatic rings. The van der Waals surface area contributed by atoms with Gasteiger partial charge in [0.15, 0.2) is 0 Å². The number of carbonyl (C=O) groups is 1. The number of carbonyl (C=O) groups excluding carboxylic acids is 1. The molecule has 3 heteroatoms. The van der Waals surface area contributed by atoms with Crippen molar-refractivity contribution in [3.63, 3.8) is 0 Å². The second-order valence-electron chi connectivity index (χ2n) is 4.73. The number of rotatable bonds is 5. The average molecular weight is 235 g/mol. The molecule has 1 rings (SSSR count). The summed E-state index contributed by atoms with van der Waals surface area (Å²) in [7, 11) is 0. The molecule has 3 nitrogen and oxygen atoms in total. The standard InChI is InChI=1S/C14H21NO2/c1-10(2)13-6-4-5-12(8-13)9-15-14(17)7-11(3)16/h4-6,8,10-11,16H,7,9H2,1-3H3,(H,15,17). The first-order valence-electron chi connectivity index (χ1n) is 6.02. The lowest BCUT2D eigenvalue weighted by Crippen LogP contribution is -2.25. The van der Waals surface area contributed by atoms with E-state index >= 15 is 0 Å². The van der Waals surface area contributed by atoms with Crippen LogP contribution in [0.5, 0.6) is 0 Å². The van der Waals surface area contributed by atoms with Crippen LogP contribution in [0.4, 0.5) is 0 Å². The molecule has 2 N–H and O–H groups in total. The van der Waals surface area contributed by atoms with Gasteiger partial charge in [-0.25, -0.2) is 0 Å². The summed E-state index contributed by atoms with van der Waals surface area (Å²) in [5.41, 5.74) is 2.36. The predicted octanol–water partition coefficient (Wildman–Crippen LogP) is 2.20. The number of benzene rings is 1. The summed E-state index contributed by atoms with van der Waals surface area (Å²) < 4.78 is 0. The van der Waals surface area contributed by atoms with Crippen LogP contribution < -0.4 is 5.32 Å². The van der Waals surface area contributed by atoms with Crippen LogP contribution in [0.25, 0.3) is 0 Å². The largest absolute Gasteiger partial charge is 0.393 e. The fourth-order valence-corrected chi connectivity index (χ4v) is 1.60. The summed E-state index contributed by atoms with van der Waals surface area (Å²) in [6.07, 6.45) is -0.429. The Morgan fingerprint density at radius 2 is 2.06 bits per heavy atom. The molecular weight excluding hydrogens is 214 g/mol. The first-order valence-corrected chi connectivity index (χ1v) is 6.02. The topological polar surface area (TPSA) is 49.3 Å². The van der Waals surface area contributed by atoms with Gasteiger partial charge < -0.3 is 10.4 Å². The Morgan fingerprint density at radius 3 is 2.65 bits per heavy atom. The van der Waals surface area contributed by atoms with E-state index in [0.717, 1.165) is 5.56 Å². The van der Waals surface area contributed by atoms with Crippen LogP contribution in [0.3, 0.4) is 0 Å². The van der Waals surface area contributed by atoms with Crippen molar-refractivity contribution in [3.05, 3.63) is 35.4 Å². The van der Waals surface area contributed by atoms with E-state index in [1.54, 1.807) is 6.92 Å². The van der Waals surface area contributed by atoms with Crippen molar-refractivity contribution in [1.29, 1.82) is 0 Å². The summed E-state index contributed by atoms with van der Waals surface area (Å²) in [6.45, 7) is 6.42. The number of hydrogen-bond acceptors (Lipinski definition) is 2. The number of aliphatic hydroxyl groups excluding tert-OH is 1. The van der Waals surface area contributed by atoms with E-state index in [0.29, 0.717) is 12.5 Å². The Hall–Kier alpha value is -1.35. The first-order chi connectivity index (χ1) is 7.99. The van der Waals surface area contributed by atoms with Gasteiger partial charge in [-0.15, -0.1) is 0 Å². The SMILES string of the molecule is CC(O)CC(=O)NCc1cccc(C(C)C)c1. The van der Waals surface area contributed by atoms with Crippen molar-refractivity contribution in [2.75, 3.05) is 0 Å². The Balaban J connectivity index is 2.52. The van der Waals surface area contributed by atoms with Gasteiger partial charge in [0.1, 0.15) is 0 Å². The van der Waals surface area contributed by atoms with Crippen molar-refractivity contribution >= 4 is 5.91 Å². The molecule has 0 saturated heterocycles. The van der Waals surface area contributed by atoms with Crippen molar-refractivity contribution in [1.82, 2.24) is 5.32 Å². The van der Waals surface area contributed by atoms with Crippen LogP contribution in [0.15, 0.2) is 24.3 Å². The quantitative estimate of drug-likeness (QED) is 0.822. The maximum Gasteiger partial charge on any atom is 0.222 e. The number of aliphatic hydroxyl groups is 1. The molecule has 1 unspecified atom stereocenters. The molecule has 0 spiro atoms. The Bertz CT molecular complexity index is 372. The molecule has 17 heavy (non-hydrogen) atoms. The second-order valence-corrected chi connectivity index (χ2v) is 4.73. The number of hydrogen-bond donors (Lipinski definition) is 2. The Labute approximate surface area is 103 Å². The van der Waals surface area contributed by atoms with Gasteiger partial charge in [-0.2, -0.15) is 0 Å². The van der Waals surface area contributed by atoms with Gasteiger partial charge in [0.2, 0.25) is 5.91 Å². The van der Waals surface area contributed by atoms with E-state index in [9.17, 15) is 4.79 Å². The van der Waals surface area contributed by atoms with Crippen LogP contribution in [-0.4, -0.2) is 17.1 Å². The van der Waals surface area contributed by atoms with Gasteiger partial charge in [0, 0.05) is 6.54 Å². The summed E-state index contributed by atoms with van der Waals surface area (Å²) >= 11 is 0. The van der Waals surface area contributed by atoms with E-state index in [-0.39, 0.29) is 12.3 Å². The van der Waals surface area contributed by atoms with Gasteiger partial charge in [0.25, 0.3) is 0 Å². The predicted molar refractivity (Wildman–Crippen MR) is 68.7 cm³/mol. The summed E-state index contributed by atoms with van der Waals surface area (Å²) in [4.78, 5) is 11.4. The normalized spacial score (nSPS) is 12.5. The molecule has 0 aliphatic rings. The third-order valence-corrected chi connectivity index (χ3v) is 2.59. The minimum atomic E-state index is -0.586. The Kier molecular flexibility index (Phi) is 5.16. The molecule has 0 aliphatic carbocycles. The van der Waals surface area contributed by atoms with E-state index in [2.05, 4.69) is 31.3 Å². The van der Waals surface area contributed by atoms with E-state index in [1.807, 2.05) is 12.1 Å². The Morgan fingerprint density at radius 1 is 1.35 bits per heavy atom. The van der Waals surface area contributed by atoms with Crippen LogP contribution >= 0.6 is 0 Å². The summed E-state index contributed by atoms with van der Waals surface area (Å²) in [6, 6.07) is 8.19. The van der Waals surface area contributed by atoms with Crippen LogP contribution in [0.1, 0.15) is 44.2 Å². The molecule has 0 heterocycles. The molecule has 1 atom stereocenters. The summed E-state index contributed by atoms with van der Waals surface area (Å²) in [5.74, 6) is 0.373. The van der Waals surface area contributed by atoms with E-state index in [1.165, 1.54) is 5.56 Å². The van der Waals surface area contributed by atoms with Gasteiger partial charge in [0.05, 0.1) is 12.5 Å². The molecule has 0 aromatic heterocycles. The molecule has 1 amide bonds.